The van der Waals surface area contributed by atoms with Crippen molar-refractivity contribution in [1.82, 2.24) is 0 Å². The average molecular weight is 259 g/mol. The van der Waals surface area contributed by atoms with Crippen LogP contribution in [0.4, 0.5) is 14.5 Å². The number of alkyl halides is 2. The number of nitrogens with one attached hydrogen (secondary N) is 1. The molecule has 102 valence electrons. The Morgan fingerprint density at radius 3 is 2.33 bits per heavy atom. The number of aliphatic hydroxyl groups is 1. The van der Waals surface area contributed by atoms with E-state index in [9.17, 15) is 8.78 Å². The predicted octanol–water partition coefficient (Wildman–Crippen LogP) is 3.25. The Hall–Kier alpha value is -1.36. The maximum atomic E-state index is 11.9. The molecule has 0 spiro atoms. The summed E-state index contributed by atoms with van der Waals surface area (Å²) in [5.41, 5.74) is 0.888. The molecule has 0 unspecified atom stereocenters. The van der Waals surface area contributed by atoms with Crippen LogP contribution < -0.4 is 10.1 Å². The largest absolute Gasteiger partial charge is 0.435 e. The lowest BCUT2D eigenvalue weighted by atomic mass is 10.2. The first-order chi connectivity index (χ1) is 8.72. The smallest absolute Gasteiger partial charge is 0.387 e. The summed E-state index contributed by atoms with van der Waals surface area (Å²) in [6, 6.07) is 6.46. The number of halogens is 2. The van der Waals surface area contributed by atoms with Crippen molar-refractivity contribution < 1.29 is 18.6 Å². The van der Waals surface area contributed by atoms with Crippen molar-refractivity contribution in [2.24, 2.45) is 0 Å². The normalized spacial score (nSPS) is 10.7. The fourth-order valence-corrected chi connectivity index (χ4v) is 1.58. The average Bonchev–Trinajstić information content (AvgIpc) is 2.35. The van der Waals surface area contributed by atoms with Gasteiger partial charge in [0.25, 0.3) is 0 Å². The first-order valence-electron chi connectivity index (χ1n) is 6.12. The van der Waals surface area contributed by atoms with Crippen molar-refractivity contribution in [1.29, 1.82) is 0 Å². The van der Waals surface area contributed by atoms with Gasteiger partial charge in [-0.3, -0.25) is 0 Å². The van der Waals surface area contributed by atoms with Gasteiger partial charge < -0.3 is 15.2 Å². The van der Waals surface area contributed by atoms with Crippen molar-refractivity contribution in [3.63, 3.8) is 0 Å². The summed E-state index contributed by atoms with van der Waals surface area (Å²) < 4.78 is 28.1. The molecule has 2 N–H and O–H groups in total. The molecule has 5 heteroatoms. The molecule has 0 fully saturated rings. The molecule has 0 aliphatic carbocycles. The van der Waals surface area contributed by atoms with E-state index >= 15 is 0 Å². The highest BCUT2D eigenvalue weighted by Gasteiger charge is 2.03. The number of benzene rings is 1. The summed E-state index contributed by atoms with van der Waals surface area (Å²) in [5, 5.41) is 11.8. The fourth-order valence-electron chi connectivity index (χ4n) is 1.58. The molecule has 0 bridgehead atoms. The minimum absolute atomic E-state index is 0.165. The van der Waals surface area contributed by atoms with Crippen LogP contribution in [0, 0.1) is 0 Å². The van der Waals surface area contributed by atoms with Gasteiger partial charge in [0.2, 0.25) is 0 Å². The third-order valence-electron chi connectivity index (χ3n) is 2.49. The molecule has 18 heavy (non-hydrogen) atoms. The summed E-state index contributed by atoms with van der Waals surface area (Å²) in [7, 11) is 0. The molecule has 1 aromatic carbocycles. The van der Waals surface area contributed by atoms with E-state index in [2.05, 4.69) is 10.1 Å². The number of ether oxygens (including phenoxy) is 1. The van der Waals surface area contributed by atoms with E-state index in [0.29, 0.717) is 0 Å². The van der Waals surface area contributed by atoms with Crippen molar-refractivity contribution in [3.8, 4) is 5.75 Å². The maximum Gasteiger partial charge on any atom is 0.387 e. The SMILES string of the molecule is OCCCCCCNc1ccc(OC(F)F)cc1. The van der Waals surface area contributed by atoms with Crippen LogP contribution in [0.1, 0.15) is 25.7 Å². The number of hydrogen-bond acceptors (Lipinski definition) is 3. The third kappa shape index (κ3) is 6.39. The third-order valence-corrected chi connectivity index (χ3v) is 2.49. The highest BCUT2D eigenvalue weighted by Crippen LogP contribution is 2.17. The van der Waals surface area contributed by atoms with Gasteiger partial charge in [-0.2, -0.15) is 8.78 Å². The van der Waals surface area contributed by atoms with Gasteiger partial charge in [0, 0.05) is 18.8 Å². The molecule has 3 nitrogen and oxygen atoms in total. The van der Waals surface area contributed by atoms with Crippen LogP contribution in [-0.2, 0) is 0 Å². The van der Waals surface area contributed by atoms with Crippen LogP contribution in [0.5, 0.6) is 5.75 Å². The van der Waals surface area contributed by atoms with Gasteiger partial charge in [0.05, 0.1) is 0 Å². The molecule has 0 aliphatic heterocycles. The highest BCUT2D eigenvalue weighted by molar-refractivity contribution is 5.46. The Morgan fingerprint density at radius 1 is 1.06 bits per heavy atom. The fraction of sp³-hybridized carbons (Fsp3) is 0.538. The Bertz CT molecular complexity index is 317. The Balaban J connectivity index is 2.18. The van der Waals surface area contributed by atoms with E-state index in [1.165, 1.54) is 12.1 Å². The standard InChI is InChI=1S/C13H19F2NO2/c14-13(15)18-12-7-5-11(6-8-12)16-9-3-1-2-4-10-17/h5-8,13,16-17H,1-4,9-10H2. The van der Waals surface area contributed by atoms with E-state index in [0.717, 1.165) is 37.9 Å². The quantitative estimate of drug-likeness (QED) is 0.669. The number of hydrogen-bond donors (Lipinski definition) is 2. The second-order valence-corrected chi connectivity index (χ2v) is 3.97. The Morgan fingerprint density at radius 2 is 1.72 bits per heavy atom. The first-order valence-corrected chi connectivity index (χ1v) is 6.12. The van der Waals surface area contributed by atoms with Crippen LogP contribution in [0.2, 0.25) is 0 Å². The topological polar surface area (TPSA) is 41.5 Å². The monoisotopic (exact) mass is 259 g/mol. The maximum absolute atomic E-state index is 11.9. The molecule has 0 radical (unpaired) electrons. The highest BCUT2D eigenvalue weighted by atomic mass is 19.3. The van der Waals surface area contributed by atoms with Crippen LogP contribution in [0.25, 0.3) is 0 Å². The molecule has 0 saturated carbocycles. The lowest BCUT2D eigenvalue weighted by molar-refractivity contribution is -0.0498. The summed E-state index contributed by atoms with van der Waals surface area (Å²) >= 11 is 0. The van der Waals surface area contributed by atoms with Crippen LogP contribution in [0.15, 0.2) is 24.3 Å². The minimum Gasteiger partial charge on any atom is -0.435 e. The molecule has 0 heterocycles. The molecule has 0 atom stereocenters. The van der Waals surface area contributed by atoms with E-state index in [1.54, 1.807) is 12.1 Å². The van der Waals surface area contributed by atoms with Crippen LogP contribution in [-0.4, -0.2) is 24.9 Å². The minimum atomic E-state index is -2.78. The molecule has 0 saturated heterocycles. The van der Waals surface area contributed by atoms with Gasteiger partial charge in [-0.05, 0) is 37.1 Å². The second kappa shape index (κ2) is 8.69. The van der Waals surface area contributed by atoms with Gasteiger partial charge >= 0.3 is 6.61 Å². The molecule has 0 aromatic heterocycles. The van der Waals surface area contributed by atoms with E-state index in [1.807, 2.05) is 0 Å². The zero-order valence-corrected chi connectivity index (χ0v) is 10.2. The number of aliphatic hydroxyl groups excluding tert-OH is 1. The van der Waals surface area contributed by atoms with Gasteiger partial charge in [-0.15, -0.1) is 0 Å². The lowest BCUT2D eigenvalue weighted by Gasteiger charge is -2.08. The van der Waals surface area contributed by atoms with E-state index < -0.39 is 6.61 Å². The predicted molar refractivity (Wildman–Crippen MR) is 67.1 cm³/mol. The van der Waals surface area contributed by atoms with Crippen LogP contribution in [0.3, 0.4) is 0 Å². The number of anilines is 1. The van der Waals surface area contributed by atoms with E-state index in [4.69, 9.17) is 5.11 Å². The summed E-state index contributed by atoms with van der Waals surface area (Å²) in [6.45, 7) is -1.70. The lowest BCUT2D eigenvalue weighted by Crippen LogP contribution is -2.03. The van der Waals surface area contributed by atoms with Gasteiger partial charge in [-0.1, -0.05) is 12.8 Å². The first kappa shape index (κ1) is 14.7. The molecule has 0 amide bonds. The van der Waals surface area contributed by atoms with Gasteiger partial charge in [0.15, 0.2) is 0 Å². The molecule has 0 aliphatic rings. The molecular formula is C13H19F2NO2. The van der Waals surface area contributed by atoms with Crippen molar-refractivity contribution in [2.45, 2.75) is 32.3 Å². The zero-order valence-electron chi connectivity index (χ0n) is 10.2. The number of unbranched alkanes of at least 4 members (excludes halogenated alkanes) is 3. The summed E-state index contributed by atoms with van der Waals surface area (Å²) in [6.07, 6.45) is 3.97. The van der Waals surface area contributed by atoms with Crippen molar-refractivity contribution in [2.75, 3.05) is 18.5 Å². The van der Waals surface area contributed by atoms with Gasteiger partial charge in [-0.25, -0.2) is 0 Å². The summed E-state index contributed by atoms with van der Waals surface area (Å²) in [4.78, 5) is 0. The van der Waals surface area contributed by atoms with Gasteiger partial charge in [0.1, 0.15) is 5.75 Å². The Labute approximate surface area is 106 Å². The van der Waals surface area contributed by atoms with Crippen molar-refractivity contribution in [3.05, 3.63) is 24.3 Å². The molecule has 1 rings (SSSR count). The van der Waals surface area contributed by atoms with Crippen LogP contribution >= 0.6 is 0 Å². The Kier molecular flexibility index (Phi) is 7.10. The van der Waals surface area contributed by atoms with Crippen molar-refractivity contribution >= 4 is 5.69 Å². The molecule has 1 aromatic rings. The summed E-state index contributed by atoms with van der Waals surface area (Å²) in [5.74, 6) is 0.165. The molecular weight excluding hydrogens is 240 g/mol. The number of rotatable bonds is 9. The zero-order chi connectivity index (χ0) is 13.2. The second-order valence-electron chi connectivity index (χ2n) is 3.97. The van der Waals surface area contributed by atoms with E-state index in [-0.39, 0.29) is 12.4 Å².